The Kier molecular flexibility index (Phi) is 5.70. The molecule has 9 heteroatoms. The number of hydrogen-bond donors (Lipinski definition) is 2. The van der Waals surface area contributed by atoms with Crippen molar-refractivity contribution in [2.75, 3.05) is 13.7 Å². The summed E-state index contributed by atoms with van der Waals surface area (Å²) in [7, 11) is 1.57. The van der Waals surface area contributed by atoms with Crippen molar-refractivity contribution in [3.63, 3.8) is 0 Å². The number of amides is 4. The van der Waals surface area contributed by atoms with Crippen molar-refractivity contribution in [3.8, 4) is 5.75 Å². The molecule has 0 bridgehead atoms. The molecule has 2 aromatic rings. The minimum atomic E-state index is -0.847. The van der Waals surface area contributed by atoms with Crippen molar-refractivity contribution in [2.45, 2.75) is 25.6 Å². The van der Waals surface area contributed by atoms with Gasteiger partial charge in [0.2, 0.25) is 5.91 Å². The molecule has 1 unspecified atom stereocenters. The van der Waals surface area contributed by atoms with E-state index in [1.165, 1.54) is 0 Å². The number of carbonyl (C=O) groups excluding carboxylic acids is 3. The summed E-state index contributed by atoms with van der Waals surface area (Å²) in [6, 6.07) is 7.55. The molecule has 27 heavy (non-hydrogen) atoms. The second-order valence-electron chi connectivity index (χ2n) is 6.10. The van der Waals surface area contributed by atoms with Crippen LogP contribution in [0.25, 0.3) is 0 Å². The zero-order valence-electron chi connectivity index (χ0n) is 14.9. The normalized spacial score (nSPS) is 16.3. The number of carbonyl (C=O) groups is 3. The first-order valence-electron chi connectivity index (χ1n) is 8.56. The van der Waals surface area contributed by atoms with Gasteiger partial charge in [-0.1, -0.05) is 12.1 Å². The van der Waals surface area contributed by atoms with Crippen molar-refractivity contribution in [2.24, 2.45) is 0 Å². The Morgan fingerprint density at radius 1 is 1.30 bits per heavy atom. The van der Waals surface area contributed by atoms with E-state index in [4.69, 9.17) is 4.74 Å². The van der Waals surface area contributed by atoms with Crippen molar-refractivity contribution < 1.29 is 19.1 Å². The lowest BCUT2D eigenvalue weighted by Gasteiger charge is -2.13. The molecule has 0 saturated carbocycles. The smallest absolute Gasteiger partial charge is 0.325 e. The molecule has 1 aliphatic rings. The lowest BCUT2D eigenvalue weighted by Crippen LogP contribution is -2.37. The van der Waals surface area contributed by atoms with Crippen LogP contribution in [-0.4, -0.2) is 52.2 Å². The maximum Gasteiger partial charge on any atom is 0.325 e. The van der Waals surface area contributed by atoms with E-state index in [0.29, 0.717) is 18.8 Å². The van der Waals surface area contributed by atoms with Gasteiger partial charge in [-0.25, -0.2) is 4.79 Å². The van der Waals surface area contributed by atoms with Crippen LogP contribution in [0, 0.1) is 0 Å². The van der Waals surface area contributed by atoms with Crippen molar-refractivity contribution in [1.82, 2.24) is 25.3 Å². The first-order chi connectivity index (χ1) is 13.1. The summed E-state index contributed by atoms with van der Waals surface area (Å²) in [4.78, 5) is 37.7. The maximum atomic E-state index is 12.5. The van der Waals surface area contributed by atoms with Gasteiger partial charge in [0, 0.05) is 18.9 Å². The molecule has 142 valence electrons. The van der Waals surface area contributed by atoms with Crippen molar-refractivity contribution >= 4 is 17.8 Å². The lowest BCUT2D eigenvalue weighted by atomic mass is 10.1. The molecule has 2 heterocycles. The number of imide groups is 1. The van der Waals surface area contributed by atoms with Crippen LogP contribution in [0.1, 0.15) is 12.0 Å². The van der Waals surface area contributed by atoms with E-state index in [1.54, 1.807) is 54.5 Å². The van der Waals surface area contributed by atoms with Gasteiger partial charge in [-0.2, -0.15) is 5.10 Å². The van der Waals surface area contributed by atoms with Gasteiger partial charge >= 0.3 is 6.03 Å². The number of benzene rings is 1. The molecule has 1 fully saturated rings. The zero-order chi connectivity index (χ0) is 19.2. The molecule has 1 aliphatic heterocycles. The van der Waals surface area contributed by atoms with Gasteiger partial charge in [-0.3, -0.25) is 19.2 Å². The van der Waals surface area contributed by atoms with Crippen LogP contribution in [-0.2, 0) is 22.7 Å². The SMILES string of the molecule is COc1ccc(CN2C(=O)NC(CC(=O)NCCn3cccn3)C2=O)cc1. The summed E-state index contributed by atoms with van der Waals surface area (Å²) in [6.07, 6.45) is 3.36. The van der Waals surface area contributed by atoms with Gasteiger partial charge in [0.05, 0.1) is 26.6 Å². The standard InChI is InChI=1S/C18H21N5O4/c1-27-14-5-3-13(4-6-14)12-23-17(25)15(21-18(23)26)11-16(24)19-8-10-22-9-2-7-20-22/h2-7,9,15H,8,10-12H2,1H3,(H,19,24)(H,21,26). The molecule has 1 aromatic carbocycles. The Labute approximate surface area is 156 Å². The minimum absolute atomic E-state index is 0.0945. The third-order valence-corrected chi connectivity index (χ3v) is 4.22. The monoisotopic (exact) mass is 371 g/mol. The van der Waals surface area contributed by atoms with Crippen LogP contribution in [0.3, 0.4) is 0 Å². The van der Waals surface area contributed by atoms with Crippen LogP contribution in [0.15, 0.2) is 42.7 Å². The van der Waals surface area contributed by atoms with Gasteiger partial charge in [0.1, 0.15) is 11.8 Å². The fourth-order valence-electron chi connectivity index (χ4n) is 2.78. The molecule has 1 saturated heterocycles. The Morgan fingerprint density at radius 3 is 2.74 bits per heavy atom. The fraction of sp³-hybridized carbons (Fsp3) is 0.333. The van der Waals surface area contributed by atoms with Crippen LogP contribution in [0.4, 0.5) is 4.79 Å². The van der Waals surface area contributed by atoms with E-state index >= 15 is 0 Å². The summed E-state index contributed by atoms with van der Waals surface area (Å²) < 4.78 is 6.78. The van der Waals surface area contributed by atoms with E-state index in [-0.39, 0.29) is 18.9 Å². The number of nitrogens with zero attached hydrogens (tertiary/aromatic N) is 3. The van der Waals surface area contributed by atoms with E-state index in [9.17, 15) is 14.4 Å². The number of rotatable bonds is 8. The Bertz CT molecular complexity index is 804. The summed E-state index contributed by atoms with van der Waals surface area (Å²) in [5, 5.41) is 9.33. The molecule has 1 atom stereocenters. The van der Waals surface area contributed by atoms with Gasteiger partial charge < -0.3 is 15.4 Å². The molecule has 0 spiro atoms. The molecule has 2 N–H and O–H groups in total. The highest BCUT2D eigenvalue weighted by molar-refractivity contribution is 6.05. The first kappa shape index (κ1) is 18.4. The number of aromatic nitrogens is 2. The van der Waals surface area contributed by atoms with Gasteiger partial charge in [-0.05, 0) is 23.8 Å². The number of hydrogen-bond acceptors (Lipinski definition) is 5. The molecular weight excluding hydrogens is 350 g/mol. The quantitative estimate of drug-likeness (QED) is 0.658. The largest absolute Gasteiger partial charge is 0.497 e. The zero-order valence-corrected chi connectivity index (χ0v) is 14.9. The third-order valence-electron chi connectivity index (χ3n) is 4.22. The predicted molar refractivity (Wildman–Crippen MR) is 95.7 cm³/mol. The van der Waals surface area contributed by atoms with Crippen molar-refractivity contribution in [3.05, 3.63) is 48.3 Å². The van der Waals surface area contributed by atoms with Gasteiger partial charge in [0.15, 0.2) is 0 Å². The number of nitrogens with one attached hydrogen (secondary N) is 2. The summed E-state index contributed by atoms with van der Waals surface area (Å²) in [6.45, 7) is 1.07. The van der Waals surface area contributed by atoms with E-state index < -0.39 is 18.0 Å². The molecule has 1 aromatic heterocycles. The highest BCUT2D eigenvalue weighted by atomic mass is 16.5. The average molecular weight is 371 g/mol. The number of methoxy groups -OCH3 is 1. The molecule has 4 amide bonds. The first-order valence-corrected chi connectivity index (χ1v) is 8.56. The molecule has 0 aliphatic carbocycles. The minimum Gasteiger partial charge on any atom is -0.497 e. The van der Waals surface area contributed by atoms with Gasteiger partial charge in [0.25, 0.3) is 5.91 Å². The molecule has 3 rings (SSSR count). The van der Waals surface area contributed by atoms with Crippen LogP contribution < -0.4 is 15.4 Å². The molecular formula is C18H21N5O4. The highest BCUT2D eigenvalue weighted by Gasteiger charge is 2.38. The summed E-state index contributed by atoms with van der Waals surface area (Å²) >= 11 is 0. The lowest BCUT2D eigenvalue weighted by molar-refractivity contribution is -0.131. The topological polar surface area (TPSA) is 106 Å². The predicted octanol–water partition coefficient (Wildman–Crippen LogP) is 0.519. The second kappa shape index (κ2) is 8.35. The van der Waals surface area contributed by atoms with E-state index in [1.807, 2.05) is 0 Å². The highest BCUT2D eigenvalue weighted by Crippen LogP contribution is 2.16. The summed E-state index contributed by atoms with van der Waals surface area (Å²) in [5.41, 5.74) is 0.795. The number of urea groups is 1. The number of ether oxygens (including phenoxy) is 1. The molecule has 9 nitrogen and oxygen atoms in total. The van der Waals surface area contributed by atoms with E-state index in [0.717, 1.165) is 10.5 Å². The molecule has 0 radical (unpaired) electrons. The van der Waals surface area contributed by atoms with Crippen molar-refractivity contribution in [1.29, 1.82) is 0 Å². The fourth-order valence-corrected chi connectivity index (χ4v) is 2.78. The second-order valence-corrected chi connectivity index (χ2v) is 6.10. The summed E-state index contributed by atoms with van der Waals surface area (Å²) in [5.74, 6) is -0.00856. The Balaban J connectivity index is 1.49. The van der Waals surface area contributed by atoms with E-state index in [2.05, 4.69) is 15.7 Å². The third kappa shape index (κ3) is 4.63. The van der Waals surface area contributed by atoms with Crippen LogP contribution in [0.2, 0.25) is 0 Å². The van der Waals surface area contributed by atoms with Crippen LogP contribution in [0.5, 0.6) is 5.75 Å². The average Bonchev–Trinajstić information content (AvgIpc) is 3.26. The van der Waals surface area contributed by atoms with Gasteiger partial charge in [-0.15, -0.1) is 0 Å². The Hall–Kier alpha value is -3.36. The van der Waals surface area contributed by atoms with Crippen LogP contribution >= 0.6 is 0 Å². The Morgan fingerprint density at radius 2 is 2.07 bits per heavy atom. The maximum absolute atomic E-state index is 12.5.